The van der Waals surface area contributed by atoms with E-state index < -0.39 is 25.1 Å². The lowest BCUT2D eigenvalue weighted by Crippen LogP contribution is -2.34. The first kappa shape index (κ1) is 16.5. The predicted molar refractivity (Wildman–Crippen MR) is 67.2 cm³/mol. The molecule has 1 fully saturated rings. The number of carbonyl (C=O) groups is 1. The van der Waals surface area contributed by atoms with Gasteiger partial charge in [0.15, 0.2) is 6.61 Å². The molecular weight excluding hydrogens is 308 g/mol. The van der Waals surface area contributed by atoms with E-state index in [-0.39, 0.29) is 23.9 Å². The topological polar surface area (TPSA) is 62.7 Å². The molecule has 0 radical (unpaired) electrons. The summed E-state index contributed by atoms with van der Waals surface area (Å²) in [5.74, 6) is -4.89. The second-order valence-electron chi connectivity index (χ2n) is 4.93. The van der Waals surface area contributed by atoms with Crippen molar-refractivity contribution in [2.75, 3.05) is 19.7 Å². The molecule has 1 aromatic rings. The monoisotopic (exact) mass is 322 g/mol. The number of rotatable bonds is 5. The van der Waals surface area contributed by atoms with E-state index in [0.717, 1.165) is 12.3 Å². The molecule has 2 heterocycles. The van der Waals surface area contributed by atoms with E-state index in [0.29, 0.717) is 13.0 Å². The second-order valence-corrected chi connectivity index (χ2v) is 4.93. The number of pyridine rings is 1. The number of carbonyl (C=O) groups excluding carboxylic acids is 1. The zero-order valence-electron chi connectivity index (χ0n) is 11.4. The molecule has 1 saturated heterocycles. The standard InChI is InChI=1S/C13H14F4N2O3/c14-12(15)13(16,17)7-22-10-2-1-8(5-18-10)11(21)19-4-3-9(20)6-19/h1-2,5,9,12,20H,3-4,6-7H2/t9-/m1/s1. The van der Waals surface area contributed by atoms with Gasteiger partial charge in [0.25, 0.3) is 5.91 Å². The molecule has 2 rings (SSSR count). The third-order valence-corrected chi connectivity index (χ3v) is 3.17. The van der Waals surface area contributed by atoms with Gasteiger partial charge in [0, 0.05) is 25.4 Å². The van der Waals surface area contributed by atoms with Gasteiger partial charge in [-0.2, -0.15) is 8.78 Å². The fourth-order valence-corrected chi connectivity index (χ4v) is 1.93. The normalized spacial score (nSPS) is 18.8. The quantitative estimate of drug-likeness (QED) is 0.836. The number of nitrogens with zero attached hydrogens (tertiary/aromatic N) is 2. The molecule has 0 unspecified atom stereocenters. The van der Waals surface area contributed by atoms with Crippen molar-refractivity contribution < 1.29 is 32.2 Å². The highest BCUT2D eigenvalue weighted by Gasteiger charge is 2.41. The third kappa shape index (κ3) is 3.85. The molecule has 1 amide bonds. The summed E-state index contributed by atoms with van der Waals surface area (Å²) in [5, 5.41) is 9.37. The van der Waals surface area contributed by atoms with E-state index >= 15 is 0 Å². The van der Waals surface area contributed by atoms with E-state index in [1.807, 2.05) is 0 Å². The molecular formula is C13H14F4N2O3. The van der Waals surface area contributed by atoms with Gasteiger partial charge >= 0.3 is 12.3 Å². The lowest BCUT2D eigenvalue weighted by molar-refractivity contribution is -0.148. The number of halogens is 4. The van der Waals surface area contributed by atoms with Crippen LogP contribution in [0.3, 0.4) is 0 Å². The molecule has 0 saturated carbocycles. The van der Waals surface area contributed by atoms with E-state index in [2.05, 4.69) is 9.72 Å². The van der Waals surface area contributed by atoms with Gasteiger partial charge in [-0.05, 0) is 12.5 Å². The molecule has 1 aliphatic heterocycles. The Morgan fingerprint density at radius 1 is 1.50 bits per heavy atom. The number of amides is 1. The van der Waals surface area contributed by atoms with Crippen LogP contribution >= 0.6 is 0 Å². The van der Waals surface area contributed by atoms with Gasteiger partial charge < -0.3 is 14.7 Å². The molecule has 0 spiro atoms. The molecule has 22 heavy (non-hydrogen) atoms. The molecule has 5 nitrogen and oxygen atoms in total. The summed E-state index contributed by atoms with van der Waals surface area (Å²) in [5.41, 5.74) is 0.196. The van der Waals surface area contributed by atoms with Gasteiger partial charge in [-0.15, -0.1) is 0 Å². The van der Waals surface area contributed by atoms with Crippen LogP contribution in [0.1, 0.15) is 16.8 Å². The molecule has 9 heteroatoms. The largest absolute Gasteiger partial charge is 0.471 e. The summed E-state index contributed by atoms with van der Waals surface area (Å²) in [7, 11) is 0. The lowest BCUT2D eigenvalue weighted by Gasteiger charge is -2.16. The van der Waals surface area contributed by atoms with Gasteiger partial charge in [-0.1, -0.05) is 0 Å². The number of aliphatic hydroxyl groups excluding tert-OH is 1. The SMILES string of the molecule is O=C(c1ccc(OCC(F)(F)C(F)F)nc1)N1CC[C@@H](O)C1. The molecule has 0 bridgehead atoms. The van der Waals surface area contributed by atoms with Gasteiger partial charge in [-0.25, -0.2) is 13.8 Å². The first-order chi connectivity index (χ1) is 10.3. The fourth-order valence-electron chi connectivity index (χ4n) is 1.93. The smallest absolute Gasteiger partial charge is 0.340 e. The zero-order valence-corrected chi connectivity index (χ0v) is 11.4. The number of hydrogen-bond acceptors (Lipinski definition) is 4. The van der Waals surface area contributed by atoms with E-state index in [4.69, 9.17) is 0 Å². The number of aromatic nitrogens is 1. The Morgan fingerprint density at radius 2 is 2.23 bits per heavy atom. The molecule has 1 N–H and O–H groups in total. The molecule has 0 aliphatic carbocycles. The van der Waals surface area contributed by atoms with Crippen LogP contribution in [-0.4, -0.2) is 59.0 Å². The Morgan fingerprint density at radius 3 is 2.73 bits per heavy atom. The fraction of sp³-hybridized carbons (Fsp3) is 0.538. The maximum atomic E-state index is 12.7. The number of hydrogen-bond donors (Lipinski definition) is 1. The summed E-state index contributed by atoms with van der Waals surface area (Å²) in [4.78, 5) is 17.1. The van der Waals surface area contributed by atoms with Gasteiger partial charge in [0.2, 0.25) is 5.88 Å². The van der Waals surface area contributed by atoms with Gasteiger partial charge in [0.1, 0.15) is 0 Å². The minimum atomic E-state index is -4.26. The van der Waals surface area contributed by atoms with Crippen molar-refractivity contribution in [2.45, 2.75) is 24.9 Å². The molecule has 1 aromatic heterocycles. The van der Waals surface area contributed by atoms with Crippen LogP contribution in [0.4, 0.5) is 17.6 Å². The number of ether oxygens (including phenoxy) is 1. The molecule has 122 valence electrons. The maximum absolute atomic E-state index is 12.7. The minimum absolute atomic E-state index is 0.196. The average Bonchev–Trinajstić information content (AvgIpc) is 2.91. The van der Waals surface area contributed by atoms with Gasteiger partial charge in [-0.3, -0.25) is 4.79 Å². The summed E-state index contributed by atoms with van der Waals surface area (Å²) < 4.78 is 53.8. The lowest BCUT2D eigenvalue weighted by atomic mass is 10.2. The van der Waals surface area contributed by atoms with E-state index in [1.165, 1.54) is 11.0 Å². The first-order valence-electron chi connectivity index (χ1n) is 6.52. The summed E-state index contributed by atoms with van der Waals surface area (Å²) in [6.07, 6.45) is -2.78. The highest BCUT2D eigenvalue weighted by Crippen LogP contribution is 2.24. The van der Waals surface area contributed by atoms with Crippen LogP contribution in [-0.2, 0) is 0 Å². The highest BCUT2D eigenvalue weighted by molar-refractivity contribution is 5.94. The summed E-state index contributed by atoms with van der Waals surface area (Å²) in [6.45, 7) is -0.861. The van der Waals surface area contributed by atoms with Crippen molar-refractivity contribution in [3.63, 3.8) is 0 Å². The highest BCUT2D eigenvalue weighted by atomic mass is 19.3. The van der Waals surface area contributed by atoms with Crippen molar-refractivity contribution in [3.05, 3.63) is 23.9 Å². The van der Waals surface area contributed by atoms with Crippen LogP contribution in [0, 0.1) is 0 Å². The Hall–Kier alpha value is -1.90. The third-order valence-electron chi connectivity index (χ3n) is 3.17. The van der Waals surface area contributed by atoms with Crippen LogP contribution in [0.25, 0.3) is 0 Å². The minimum Gasteiger partial charge on any atom is -0.471 e. The Kier molecular flexibility index (Phi) is 4.84. The van der Waals surface area contributed by atoms with E-state index in [9.17, 15) is 27.5 Å². The average molecular weight is 322 g/mol. The Labute approximate surface area is 123 Å². The van der Waals surface area contributed by atoms with Crippen LogP contribution in [0.2, 0.25) is 0 Å². The van der Waals surface area contributed by atoms with Crippen molar-refractivity contribution >= 4 is 5.91 Å². The van der Waals surface area contributed by atoms with Crippen LogP contribution in [0.5, 0.6) is 5.88 Å². The molecule has 1 aliphatic rings. The van der Waals surface area contributed by atoms with Gasteiger partial charge in [0.05, 0.1) is 11.7 Å². The van der Waals surface area contributed by atoms with Crippen LogP contribution in [0.15, 0.2) is 18.3 Å². The number of alkyl halides is 4. The van der Waals surface area contributed by atoms with Crippen molar-refractivity contribution in [1.82, 2.24) is 9.88 Å². The zero-order chi connectivity index (χ0) is 16.3. The summed E-state index contributed by atoms with van der Waals surface area (Å²) >= 11 is 0. The molecule has 0 aromatic carbocycles. The van der Waals surface area contributed by atoms with Crippen molar-refractivity contribution in [2.24, 2.45) is 0 Å². The van der Waals surface area contributed by atoms with Crippen molar-refractivity contribution in [1.29, 1.82) is 0 Å². The first-order valence-corrected chi connectivity index (χ1v) is 6.52. The maximum Gasteiger partial charge on any atom is 0.340 e. The van der Waals surface area contributed by atoms with Crippen molar-refractivity contribution in [3.8, 4) is 5.88 Å². The van der Waals surface area contributed by atoms with Crippen LogP contribution < -0.4 is 4.74 Å². The summed E-state index contributed by atoms with van der Waals surface area (Å²) in [6, 6.07) is 2.46. The second kappa shape index (κ2) is 6.47. The number of aliphatic hydroxyl groups is 1. The Bertz CT molecular complexity index is 525. The molecule has 1 atom stereocenters. The van der Waals surface area contributed by atoms with E-state index in [1.54, 1.807) is 0 Å². The predicted octanol–water partition coefficient (Wildman–Crippen LogP) is 1.57. The number of β-amino-alcohol motifs (C(OH)–C–C–N with tert-alkyl or cyclic N) is 1. The number of likely N-dealkylation sites (tertiary alicyclic amines) is 1. The Balaban J connectivity index is 1.94.